The minimum atomic E-state index is -0.683. The highest BCUT2D eigenvalue weighted by molar-refractivity contribution is 5.98. The van der Waals surface area contributed by atoms with Crippen LogP contribution in [-0.4, -0.2) is 50.1 Å². The molecule has 1 saturated heterocycles. The fourth-order valence-electron chi connectivity index (χ4n) is 2.13. The minimum Gasteiger partial charge on any atom is -0.497 e. The average molecular weight is 307 g/mol. The SMILES string of the molecule is COc1cc(OC)cc(C(=O)OCC(=O)N2CCCC2=O)c1. The summed E-state index contributed by atoms with van der Waals surface area (Å²) in [5.41, 5.74) is 0.205. The van der Waals surface area contributed by atoms with E-state index in [1.807, 2.05) is 0 Å². The van der Waals surface area contributed by atoms with Crippen molar-refractivity contribution in [2.75, 3.05) is 27.4 Å². The van der Waals surface area contributed by atoms with Crippen molar-refractivity contribution in [1.82, 2.24) is 4.90 Å². The standard InChI is InChI=1S/C15H17NO6/c1-20-11-6-10(7-12(8-11)21-2)15(19)22-9-14(18)16-5-3-4-13(16)17/h6-8H,3-5,9H2,1-2H3. The van der Waals surface area contributed by atoms with Crippen molar-refractivity contribution in [2.24, 2.45) is 0 Å². The largest absolute Gasteiger partial charge is 0.497 e. The lowest BCUT2D eigenvalue weighted by atomic mass is 10.2. The summed E-state index contributed by atoms with van der Waals surface area (Å²) in [6, 6.07) is 4.58. The molecule has 22 heavy (non-hydrogen) atoms. The molecule has 1 heterocycles. The van der Waals surface area contributed by atoms with Crippen molar-refractivity contribution in [3.8, 4) is 11.5 Å². The molecule has 0 saturated carbocycles. The number of methoxy groups -OCH3 is 2. The summed E-state index contributed by atoms with van der Waals surface area (Å²) in [5.74, 6) is -0.549. The molecule has 0 radical (unpaired) electrons. The van der Waals surface area contributed by atoms with Crippen molar-refractivity contribution in [2.45, 2.75) is 12.8 Å². The zero-order valence-corrected chi connectivity index (χ0v) is 12.5. The van der Waals surface area contributed by atoms with Crippen molar-refractivity contribution < 1.29 is 28.6 Å². The summed E-state index contributed by atoms with van der Waals surface area (Å²) in [4.78, 5) is 36.3. The van der Waals surface area contributed by atoms with E-state index in [-0.39, 0.29) is 11.5 Å². The maximum absolute atomic E-state index is 12.0. The number of amides is 2. The quantitative estimate of drug-likeness (QED) is 0.755. The molecule has 7 heteroatoms. The van der Waals surface area contributed by atoms with Gasteiger partial charge in [0, 0.05) is 19.0 Å². The topological polar surface area (TPSA) is 82.1 Å². The number of likely N-dealkylation sites (tertiary alicyclic amines) is 1. The van der Waals surface area contributed by atoms with E-state index in [1.165, 1.54) is 26.4 Å². The van der Waals surface area contributed by atoms with E-state index < -0.39 is 18.5 Å². The van der Waals surface area contributed by atoms with Gasteiger partial charge in [0.15, 0.2) is 6.61 Å². The fraction of sp³-hybridized carbons (Fsp3) is 0.400. The van der Waals surface area contributed by atoms with E-state index in [4.69, 9.17) is 14.2 Å². The molecule has 118 valence electrons. The lowest BCUT2D eigenvalue weighted by Gasteiger charge is -2.13. The predicted octanol–water partition coefficient (Wildman–Crippen LogP) is 1.01. The number of nitrogens with zero attached hydrogens (tertiary/aromatic N) is 1. The molecule has 1 fully saturated rings. The van der Waals surface area contributed by atoms with Crippen LogP contribution >= 0.6 is 0 Å². The Morgan fingerprint density at radius 3 is 2.27 bits per heavy atom. The van der Waals surface area contributed by atoms with Gasteiger partial charge in [-0.15, -0.1) is 0 Å². The first-order valence-electron chi connectivity index (χ1n) is 6.78. The van der Waals surface area contributed by atoms with Crippen LogP contribution in [0.2, 0.25) is 0 Å². The maximum Gasteiger partial charge on any atom is 0.338 e. The van der Waals surface area contributed by atoms with Gasteiger partial charge in [-0.1, -0.05) is 0 Å². The zero-order valence-electron chi connectivity index (χ0n) is 12.5. The van der Waals surface area contributed by atoms with E-state index >= 15 is 0 Å². The van der Waals surface area contributed by atoms with Gasteiger partial charge >= 0.3 is 5.97 Å². The van der Waals surface area contributed by atoms with Crippen molar-refractivity contribution in [1.29, 1.82) is 0 Å². The minimum absolute atomic E-state index is 0.205. The Hall–Kier alpha value is -2.57. The molecule has 2 rings (SSSR count). The number of rotatable bonds is 5. The van der Waals surface area contributed by atoms with Gasteiger partial charge in [-0.2, -0.15) is 0 Å². The number of imide groups is 1. The summed E-state index contributed by atoms with van der Waals surface area (Å²) >= 11 is 0. The van der Waals surface area contributed by atoms with Crippen LogP contribution < -0.4 is 9.47 Å². The van der Waals surface area contributed by atoms with Gasteiger partial charge in [-0.05, 0) is 18.6 Å². The van der Waals surface area contributed by atoms with Crippen molar-refractivity contribution in [3.05, 3.63) is 23.8 Å². The lowest BCUT2D eigenvalue weighted by Crippen LogP contribution is -2.35. The molecule has 1 aromatic rings. The molecule has 0 aliphatic carbocycles. The van der Waals surface area contributed by atoms with E-state index in [1.54, 1.807) is 6.07 Å². The number of benzene rings is 1. The van der Waals surface area contributed by atoms with E-state index in [9.17, 15) is 14.4 Å². The smallest absolute Gasteiger partial charge is 0.338 e. The van der Waals surface area contributed by atoms with Gasteiger partial charge in [-0.3, -0.25) is 14.5 Å². The van der Waals surface area contributed by atoms with E-state index in [0.717, 1.165) is 4.90 Å². The number of hydrogen-bond donors (Lipinski definition) is 0. The van der Waals surface area contributed by atoms with Crippen LogP contribution in [0.3, 0.4) is 0 Å². The first-order chi connectivity index (χ1) is 10.5. The Kier molecular flexibility index (Phi) is 4.98. The monoisotopic (exact) mass is 307 g/mol. The Labute approximate surface area is 127 Å². The predicted molar refractivity (Wildman–Crippen MR) is 75.8 cm³/mol. The molecule has 2 amide bonds. The summed E-state index contributed by atoms with van der Waals surface area (Å²) in [5, 5.41) is 0. The second-order valence-electron chi connectivity index (χ2n) is 4.72. The summed E-state index contributed by atoms with van der Waals surface area (Å²) < 4.78 is 15.1. The Morgan fingerprint density at radius 1 is 1.14 bits per heavy atom. The number of carbonyl (C=O) groups excluding carboxylic acids is 3. The first kappa shape index (κ1) is 15.8. The van der Waals surface area contributed by atoms with Crippen molar-refractivity contribution >= 4 is 17.8 Å². The highest BCUT2D eigenvalue weighted by atomic mass is 16.5. The molecule has 1 aliphatic rings. The fourth-order valence-corrected chi connectivity index (χ4v) is 2.13. The van der Waals surface area contributed by atoms with Crippen molar-refractivity contribution in [3.63, 3.8) is 0 Å². The highest BCUT2D eigenvalue weighted by Crippen LogP contribution is 2.23. The van der Waals surface area contributed by atoms with Gasteiger partial charge in [0.05, 0.1) is 19.8 Å². The first-order valence-corrected chi connectivity index (χ1v) is 6.78. The average Bonchev–Trinajstić information content (AvgIpc) is 2.97. The molecular formula is C15H17NO6. The third-order valence-corrected chi connectivity index (χ3v) is 3.29. The Morgan fingerprint density at radius 2 is 1.77 bits per heavy atom. The van der Waals surface area contributed by atoms with Gasteiger partial charge < -0.3 is 14.2 Å². The molecule has 0 N–H and O–H groups in total. The Bertz CT molecular complexity index is 575. The van der Waals surface area contributed by atoms with Crippen LogP contribution in [0.5, 0.6) is 11.5 Å². The molecule has 0 unspecified atom stereocenters. The van der Waals surface area contributed by atoms with Gasteiger partial charge in [0.1, 0.15) is 11.5 Å². The van der Waals surface area contributed by atoms with Gasteiger partial charge in [-0.25, -0.2) is 4.79 Å². The summed E-state index contributed by atoms with van der Waals surface area (Å²) in [7, 11) is 2.93. The summed E-state index contributed by atoms with van der Waals surface area (Å²) in [6.07, 6.45) is 0.998. The molecule has 0 bridgehead atoms. The summed E-state index contributed by atoms with van der Waals surface area (Å²) in [6.45, 7) is -0.0910. The van der Waals surface area contributed by atoms with Gasteiger partial charge in [0.2, 0.25) is 5.91 Å². The third kappa shape index (κ3) is 3.55. The molecule has 0 aromatic heterocycles. The molecule has 1 aromatic carbocycles. The van der Waals surface area contributed by atoms with Gasteiger partial charge in [0.25, 0.3) is 5.91 Å². The maximum atomic E-state index is 12.0. The van der Waals surface area contributed by atoms with Crippen LogP contribution in [-0.2, 0) is 14.3 Å². The number of hydrogen-bond acceptors (Lipinski definition) is 6. The van der Waals surface area contributed by atoms with Crippen LogP contribution in [0.4, 0.5) is 0 Å². The molecule has 7 nitrogen and oxygen atoms in total. The second-order valence-corrected chi connectivity index (χ2v) is 4.72. The highest BCUT2D eigenvalue weighted by Gasteiger charge is 2.27. The molecular weight excluding hydrogens is 290 g/mol. The van der Waals surface area contributed by atoms with E-state index in [0.29, 0.717) is 30.9 Å². The number of ether oxygens (including phenoxy) is 3. The molecule has 1 aliphatic heterocycles. The third-order valence-electron chi connectivity index (χ3n) is 3.29. The molecule has 0 atom stereocenters. The number of esters is 1. The second kappa shape index (κ2) is 6.93. The molecule has 0 spiro atoms. The van der Waals surface area contributed by atoms with Crippen LogP contribution in [0.15, 0.2) is 18.2 Å². The Balaban J connectivity index is 2.00. The number of carbonyl (C=O) groups is 3. The van der Waals surface area contributed by atoms with Crippen LogP contribution in [0.1, 0.15) is 23.2 Å². The zero-order chi connectivity index (χ0) is 16.1. The van der Waals surface area contributed by atoms with E-state index in [2.05, 4.69) is 0 Å². The van der Waals surface area contributed by atoms with Crippen LogP contribution in [0.25, 0.3) is 0 Å². The normalized spacial score (nSPS) is 13.9. The lowest BCUT2D eigenvalue weighted by molar-refractivity contribution is -0.143. The van der Waals surface area contributed by atoms with Crippen LogP contribution in [0, 0.1) is 0 Å².